The third kappa shape index (κ3) is 6.04. The first-order chi connectivity index (χ1) is 33.7. The first-order valence-corrected chi connectivity index (χ1v) is 23.6. The minimum atomic E-state index is -0.376. The van der Waals surface area contributed by atoms with E-state index in [2.05, 4.69) is 277 Å². The molecule has 0 amide bonds. The molecule has 1 aliphatic carbocycles. The van der Waals surface area contributed by atoms with Crippen molar-refractivity contribution in [2.45, 2.75) is 12.3 Å². The van der Waals surface area contributed by atoms with Gasteiger partial charge < -0.3 is 9.47 Å². The molecule has 0 bridgehead atoms. The number of anilines is 3. The second-order valence-electron chi connectivity index (χ2n) is 18.1. The first-order valence-electron chi connectivity index (χ1n) is 23.6. The molecule has 0 saturated heterocycles. The van der Waals surface area contributed by atoms with Crippen LogP contribution < -0.4 is 4.90 Å². The van der Waals surface area contributed by atoms with Crippen LogP contribution in [0.4, 0.5) is 17.1 Å². The number of rotatable bonds is 8. The lowest BCUT2D eigenvalue weighted by Gasteiger charge is -2.33. The van der Waals surface area contributed by atoms with Gasteiger partial charge >= 0.3 is 0 Å². The summed E-state index contributed by atoms with van der Waals surface area (Å²) in [6.45, 7) is 2.41. The molecule has 13 rings (SSSR count). The van der Waals surface area contributed by atoms with Gasteiger partial charge in [0.2, 0.25) is 0 Å². The lowest BCUT2D eigenvalue weighted by atomic mass is 9.74. The van der Waals surface area contributed by atoms with Crippen molar-refractivity contribution in [2.24, 2.45) is 0 Å². The van der Waals surface area contributed by atoms with Gasteiger partial charge in [0.05, 0.1) is 28.1 Å². The van der Waals surface area contributed by atoms with E-state index in [9.17, 15) is 0 Å². The topological polar surface area (TPSA) is 8.17 Å². The molecule has 0 saturated carbocycles. The second kappa shape index (κ2) is 16.0. The van der Waals surface area contributed by atoms with Crippen molar-refractivity contribution >= 4 is 49.6 Å². The molecule has 0 spiro atoms. The highest BCUT2D eigenvalue weighted by Crippen LogP contribution is 2.58. The Morgan fingerprint density at radius 2 is 0.824 bits per heavy atom. The summed E-state index contributed by atoms with van der Waals surface area (Å²) in [4.78, 5) is 2.58. The maximum absolute atomic E-state index is 2.58. The smallest absolute Gasteiger partial charge is 0.0547 e. The fourth-order valence-corrected chi connectivity index (χ4v) is 11.5. The summed E-state index contributed by atoms with van der Waals surface area (Å²) in [6, 6.07) is 96.0. The summed E-state index contributed by atoms with van der Waals surface area (Å²) in [6.07, 6.45) is 0. The zero-order valence-corrected chi connectivity index (χ0v) is 37.7. The molecule has 2 heteroatoms. The Kier molecular flexibility index (Phi) is 9.33. The normalized spacial score (nSPS) is 14.0. The predicted octanol–water partition coefficient (Wildman–Crippen LogP) is 17.7. The number of benzene rings is 11. The molecule has 12 aromatic rings. The molecule has 68 heavy (non-hydrogen) atoms. The molecule has 0 aliphatic heterocycles. The number of hydrogen-bond donors (Lipinski definition) is 0. The van der Waals surface area contributed by atoms with Gasteiger partial charge in [0.1, 0.15) is 0 Å². The minimum absolute atomic E-state index is 0.376. The van der Waals surface area contributed by atoms with Gasteiger partial charge in [0.15, 0.2) is 0 Å². The van der Waals surface area contributed by atoms with Gasteiger partial charge in [-0.05, 0) is 105 Å². The monoisotopic (exact) mass is 866 g/mol. The molecule has 11 aromatic carbocycles. The van der Waals surface area contributed by atoms with Crippen LogP contribution in [0.5, 0.6) is 0 Å². The molecule has 1 heterocycles. The van der Waals surface area contributed by atoms with E-state index >= 15 is 0 Å². The van der Waals surface area contributed by atoms with Crippen LogP contribution >= 0.6 is 0 Å². The fourth-order valence-electron chi connectivity index (χ4n) is 11.5. The Hall–Kier alpha value is -8.72. The highest BCUT2D eigenvalue weighted by molar-refractivity contribution is 6.17. The van der Waals surface area contributed by atoms with Crippen molar-refractivity contribution in [1.82, 2.24) is 4.57 Å². The lowest BCUT2D eigenvalue weighted by molar-refractivity contribution is 0.714. The Morgan fingerprint density at radius 1 is 0.338 bits per heavy atom. The second-order valence-corrected chi connectivity index (χ2v) is 18.1. The van der Waals surface area contributed by atoms with Gasteiger partial charge in [-0.1, -0.05) is 218 Å². The Balaban J connectivity index is 1.13. The van der Waals surface area contributed by atoms with E-state index in [-0.39, 0.29) is 5.41 Å². The van der Waals surface area contributed by atoms with Gasteiger partial charge in [0.25, 0.3) is 0 Å². The summed E-state index contributed by atoms with van der Waals surface area (Å²) < 4.78 is 2.42. The largest absolute Gasteiger partial charge is 0.309 e. The summed E-state index contributed by atoms with van der Waals surface area (Å²) >= 11 is 0. The van der Waals surface area contributed by atoms with Crippen molar-refractivity contribution in [3.05, 3.63) is 278 Å². The summed E-state index contributed by atoms with van der Waals surface area (Å²) in [7, 11) is 0. The van der Waals surface area contributed by atoms with Crippen LogP contribution in [0.3, 0.4) is 0 Å². The van der Waals surface area contributed by atoms with Gasteiger partial charge in [-0.3, -0.25) is 0 Å². The maximum Gasteiger partial charge on any atom is 0.0547 e. The van der Waals surface area contributed by atoms with Gasteiger partial charge in [0, 0.05) is 38.6 Å². The molecule has 1 atom stereocenters. The fraction of sp³-hybridized carbons (Fsp3) is 0.0303. The lowest BCUT2D eigenvalue weighted by Crippen LogP contribution is -2.22. The number of para-hydroxylation sites is 4. The van der Waals surface area contributed by atoms with Crippen molar-refractivity contribution < 1.29 is 0 Å². The summed E-state index contributed by atoms with van der Waals surface area (Å²) in [5.41, 5.74) is 20.0. The maximum atomic E-state index is 2.58. The van der Waals surface area contributed by atoms with E-state index in [0.717, 1.165) is 33.9 Å². The number of nitrogens with zero attached hydrogens (tertiary/aromatic N) is 2. The highest BCUT2D eigenvalue weighted by atomic mass is 15.2. The molecule has 2 nitrogen and oxygen atoms in total. The van der Waals surface area contributed by atoms with Crippen molar-refractivity contribution in [1.29, 1.82) is 0 Å². The highest BCUT2D eigenvalue weighted by Gasteiger charge is 2.42. The Morgan fingerprint density at radius 3 is 1.54 bits per heavy atom. The molecule has 0 N–H and O–H groups in total. The van der Waals surface area contributed by atoms with Gasteiger partial charge in [-0.25, -0.2) is 0 Å². The van der Waals surface area contributed by atoms with E-state index < -0.39 is 0 Å². The predicted molar refractivity (Wildman–Crippen MR) is 287 cm³/mol. The molecular weight excluding hydrogens is 821 g/mol. The van der Waals surface area contributed by atoms with Crippen LogP contribution in [-0.4, -0.2) is 4.57 Å². The zero-order chi connectivity index (χ0) is 45.2. The molecule has 0 fully saturated rings. The van der Waals surface area contributed by atoms with E-state index in [1.165, 1.54) is 82.6 Å². The van der Waals surface area contributed by atoms with Crippen LogP contribution in [0.1, 0.15) is 23.6 Å². The van der Waals surface area contributed by atoms with E-state index in [1.54, 1.807) is 0 Å². The van der Waals surface area contributed by atoms with Crippen LogP contribution in [0.2, 0.25) is 0 Å². The van der Waals surface area contributed by atoms with Gasteiger partial charge in [-0.2, -0.15) is 0 Å². The third-order valence-corrected chi connectivity index (χ3v) is 14.5. The Bertz CT molecular complexity index is 3860. The number of hydrogen-bond acceptors (Lipinski definition) is 1. The Labute approximate surface area is 397 Å². The number of aromatic nitrogens is 1. The molecule has 1 unspecified atom stereocenters. The quantitative estimate of drug-likeness (QED) is 0.148. The van der Waals surface area contributed by atoms with Crippen LogP contribution in [0.15, 0.2) is 261 Å². The summed E-state index contributed by atoms with van der Waals surface area (Å²) in [5.74, 6) is 0. The molecular formula is C66H46N2. The minimum Gasteiger partial charge on any atom is -0.309 e. The zero-order valence-electron chi connectivity index (χ0n) is 37.7. The standard InChI is InChI=1S/C66H46N2/c1-66(47-27-7-3-8-28-47)56-38-15-11-33-54(56)65-57(66)39-22-44-62(65)68(58-40-16-12-31-50(58)52-36-20-26-46-25-19-35-49(63(46)52)45-23-5-2-6-24-45)59-41-17-13-32-51(59)53-37-21-43-61-64(53)55-34-14-18-42-60(55)67(61)48-29-9-4-10-30-48/h2-44H,1H3. The molecule has 1 aliphatic rings. The third-order valence-electron chi connectivity index (χ3n) is 14.5. The SMILES string of the molecule is CC1(c2ccccc2)c2ccccc2-c2c(N(c3ccccc3-c3cccc4cccc(-c5ccccc5)c34)c3ccccc3-c3cccc4c3c3ccccc3n4-c3ccccc3)cccc21. The molecule has 320 valence electrons. The van der Waals surface area contributed by atoms with Gasteiger partial charge in [-0.15, -0.1) is 0 Å². The average Bonchev–Trinajstić information content (AvgIpc) is 3.90. The van der Waals surface area contributed by atoms with Crippen molar-refractivity contribution in [3.63, 3.8) is 0 Å². The average molecular weight is 867 g/mol. The van der Waals surface area contributed by atoms with E-state index in [0.29, 0.717) is 0 Å². The number of fused-ring (bicyclic) bond motifs is 7. The van der Waals surface area contributed by atoms with Crippen LogP contribution in [0.25, 0.3) is 82.8 Å². The van der Waals surface area contributed by atoms with Crippen molar-refractivity contribution in [2.75, 3.05) is 4.90 Å². The summed E-state index contributed by atoms with van der Waals surface area (Å²) in [5, 5.41) is 4.90. The van der Waals surface area contributed by atoms with E-state index in [1.807, 2.05) is 0 Å². The van der Waals surface area contributed by atoms with Crippen molar-refractivity contribution in [3.8, 4) is 50.2 Å². The van der Waals surface area contributed by atoms with Crippen LogP contribution in [-0.2, 0) is 5.41 Å². The van der Waals surface area contributed by atoms with E-state index in [4.69, 9.17) is 0 Å². The first kappa shape index (κ1) is 39.6. The molecule has 1 aromatic heterocycles. The van der Waals surface area contributed by atoms with Crippen LogP contribution in [0, 0.1) is 0 Å². The molecule has 0 radical (unpaired) electrons.